The minimum absolute atomic E-state index is 0.0351. The van der Waals surface area contributed by atoms with Crippen LogP contribution in [0.4, 0.5) is 0 Å². The van der Waals surface area contributed by atoms with Gasteiger partial charge in [-0.05, 0) is 17.7 Å². The molecule has 0 amide bonds. The average molecular weight is 314 g/mol. The second kappa shape index (κ2) is 5.33. The molecule has 17 heavy (non-hydrogen) atoms. The average Bonchev–Trinajstić information content (AvgIpc) is 2.76. The van der Waals surface area contributed by atoms with Gasteiger partial charge in [0.15, 0.2) is 5.03 Å². The molecule has 0 aliphatic rings. The minimum Gasteiger partial charge on any atom is -0.476 e. The summed E-state index contributed by atoms with van der Waals surface area (Å²) in [5.41, 5.74) is 1.06. The predicted molar refractivity (Wildman–Crippen MR) is 67.0 cm³/mol. The number of carboxylic acids is 1. The van der Waals surface area contributed by atoms with E-state index in [9.17, 15) is 4.79 Å². The van der Waals surface area contributed by atoms with E-state index in [1.807, 2.05) is 24.3 Å². The van der Waals surface area contributed by atoms with Crippen molar-refractivity contribution < 1.29 is 9.90 Å². The van der Waals surface area contributed by atoms with Crippen molar-refractivity contribution in [3.8, 4) is 0 Å². The Morgan fingerprint density at radius 3 is 2.71 bits per heavy atom. The highest BCUT2D eigenvalue weighted by molar-refractivity contribution is 9.10. The molecular formula is C10H8BrN3O2S. The standard InChI is InChI=1S/C10H8BrN3O2S/c11-7-3-1-6(2-4-7)5-17-9-8(10(15)16)12-14-13-9/h1-4H,5H2,(H,15,16)(H,12,13,14). The first-order chi connectivity index (χ1) is 8.16. The highest BCUT2D eigenvalue weighted by atomic mass is 79.9. The normalized spacial score (nSPS) is 10.4. The molecule has 0 fully saturated rings. The number of hydrogen-bond acceptors (Lipinski definition) is 4. The molecule has 2 rings (SSSR count). The Bertz CT molecular complexity index is 527. The molecule has 0 saturated carbocycles. The number of carbonyl (C=O) groups is 1. The molecule has 0 unspecified atom stereocenters. The van der Waals surface area contributed by atoms with Crippen molar-refractivity contribution in [1.82, 2.24) is 15.4 Å². The number of nitrogens with one attached hydrogen (secondary N) is 1. The van der Waals surface area contributed by atoms with E-state index in [0.717, 1.165) is 10.0 Å². The van der Waals surface area contributed by atoms with Gasteiger partial charge < -0.3 is 5.11 Å². The lowest BCUT2D eigenvalue weighted by atomic mass is 10.2. The molecule has 0 bridgehead atoms. The van der Waals surface area contributed by atoms with Crippen molar-refractivity contribution in [3.63, 3.8) is 0 Å². The summed E-state index contributed by atoms with van der Waals surface area (Å²) >= 11 is 4.69. The van der Waals surface area contributed by atoms with Gasteiger partial charge >= 0.3 is 5.97 Å². The second-order valence-electron chi connectivity index (χ2n) is 3.20. The Hall–Kier alpha value is -1.34. The van der Waals surface area contributed by atoms with Gasteiger partial charge in [0.1, 0.15) is 0 Å². The highest BCUT2D eigenvalue weighted by Crippen LogP contribution is 2.23. The number of nitrogens with zero attached hydrogens (tertiary/aromatic N) is 2. The number of aromatic nitrogens is 3. The van der Waals surface area contributed by atoms with Crippen molar-refractivity contribution in [2.45, 2.75) is 10.8 Å². The summed E-state index contributed by atoms with van der Waals surface area (Å²) in [6.45, 7) is 0. The Balaban J connectivity index is 2.05. The van der Waals surface area contributed by atoms with Gasteiger partial charge in [-0.3, -0.25) is 0 Å². The van der Waals surface area contributed by atoms with Crippen LogP contribution in [0.3, 0.4) is 0 Å². The zero-order chi connectivity index (χ0) is 12.3. The summed E-state index contributed by atoms with van der Waals surface area (Å²) in [4.78, 5) is 10.8. The lowest BCUT2D eigenvalue weighted by Crippen LogP contribution is -1.98. The lowest BCUT2D eigenvalue weighted by Gasteiger charge is -1.99. The monoisotopic (exact) mass is 313 g/mol. The molecule has 0 aliphatic carbocycles. The fourth-order valence-electron chi connectivity index (χ4n) is 1.19. The first-order valence-electron chi connectivity index (χ1n) is 4.68. The number of halogens is 1. The van der Waals surface area contributed by atoms with Crippen LogP contribution in [0.5, 0.6) is 0 Å². The van der Waals surface area contributed by atoms with Crippen LogP contribution in [0.25, 0.3) is 0 Å². The van der Waals surface area contributed by atoms with Crippen LogP contribution in [0.15, 0.2) is 33.8 Å². The third-order valence-corrected chi connectivity index (χ3v) is 3.57. The van der Waals surface area contributed by atoms with E-state index in [-0.39, 0.29) is 5.69 Å². The van der Waals surface area contributed by atoms with E-state index in [2.05, 4.69) is 31.3 Å². The maximum absolute atomic E-state index is 10.8. The smallest absolute Gasteiger partial charge is 0.359 e. The number of aromatic carboxylic acids is 1. The molecule has 7 heteroatoms. The molecule has 1 aromatic heterocycles. The summed E-state index contributed by atoms with van der Waals surface area (Å²) in [5, 5.41) is 19.0. The zero-order valence-corrected chi connectivity index (χ0v) is 11.0. The topological polar surface area (TPSA) is 78.9 Å². The molecule has 0 radical (unpaired) electrons. The Kier molecular flexibility index (Phi) is 3.80. The molecule has 1 aromatic carbocycles. The van der Waals surface area contributed by atoms with Crippen LogP contribution in [-0.4, -0.2) is 26.5 Å². The summed E-state index contributed by atoms with van der Waals surface area (Å²) in [6.07, 6.45) is 0. The van der Waals surface area contributed by atoms with E-state index in [0.29, 0.717) is 10.8 Å². The van der Waals surface area contributed by atoms with Gasteiger partial charge in [-0.15, -0.1) is 10.2 Å². The molecule has 5 nitrogen and oxygen atoms in total. The number of hydrogen-bond donors (Lipinski definition) is 2. The Morgan fingerprint density at radius 1 is 1.35 bits per heavy atom. The van der Waals surface area contributed by atoms with Crippen LogP contribution in [0.1, 0.15) is 16.1 Å². The van der Waals surface area contributed by atoms with E-state index in [1.54, 1.807) is 0 Å². The number of carboxylic acid groups (broad SMARTS) is 1. The summed E-state index contributed by atoms with van der Waals surface area (Å²) in [5.74, 6) is -0.419. The van der Waals surface area contributed by atoms with Gasteiger partial charge in [-0.2, -0.15) is 5.21 Å². The molecule has 88 valence electrons. The first-order valence-corrected chi connectivity index (χ1v) is 6.46. The van der Waals surface area contributed by atoms with Crippen LogP contribution >= 0.6 is 27.7 Å². The third-order valence-electron chi connectivity index (χ3n) is 2.01. The lowest BCUT2D eigenvalue weighted by molar-refractivity contribution is 0.0686. The number of H-pyrrole nitrogens is 1. The number of aromatic amines is 1. The van der Waals surface area contributed by atoms with Crippen LogP contribution < -0.4 is 0 Å². The largest absolute Gasteiger partial charge is 0.476 e. The van der Waals surface area contributed by atoms with Gasteiger partial charge in [-0.25, -0.2) is 4.79 Å². The zero-order valence-electron chi connectivity index (χ0n) is 8.55. The minimum atomic E-state index is -1.07. The fourth-order valence-corrected chi connectivity index (χ4v) is 2.33. The summed E-state index contributed by atoms with van der Waals surface area (Å²) in [6, 6.07) is 7.82. The molecule has 1 heterocycles. The van der Waals surface area contributed by atoms with E-state index >= 15 is 0 Å². The maximum atomic E-state index is 10.8. The molecule has 0 atom stereocenters. The molecular weight excluding hydrogens is 306 g/mol. The van der Waals surface area contributed by atoms with Crippen LogP contribution in [-0.2, 0) is 5.75 Å². The maximum Gasteiger partial charge on any atom is 0.359 e. The van der Waals surface area contributed by atoms with Gasteiger partial charge in [0.25, 0.3) is 0 Å². The fraction of sp³-hybridized carbons (Fsp3) is 0.100. The quantitative estimate of drug-likeness (QED) is 0.848. The highest BCUT2D eigenvalue weighted by Gasteiger charge is 2.15. The number of benzene rings is 1. The molecule has 0 saturated heterocycles. The number of thioether (sulfide) groups is 1. The third kappa shape index (κ3) is 3.07. The molecule has 0 aliphatic heterocycles. The van der Waals surface area contributed by atoms with Gasteiger partial charge in [0.05, 0.1) is 0 Å². The van der Waals surface area contributed by atoms with Crippen molar-refractivity contribution in [2.24, 2.45) is 0 Å². The second-order valence-corrected chi connectivity index (χ2v) is 5.08. The van der Waals surface area contributed by atoms with Gasteiger partial charge in [0.2, 0.25) is 5.69 Å². The molecule has 0 spiro atoms. The van der Waals surface area contributed by atoms with Gasteiger partial charge in [0, 0.05) is 10.2 Å². The summed E-state index contributed by atoms with van der Waals surface area (Å²) in [7, 11) is 0. The van der Waals surface area contributed by atoms with E-state index in [4.69, 9.17) is 5.11 Å². The van der Waals surface area contributed by atoms with Crippen molar-refractivity contribution in [2.75, 3.05) is 0 Å². The SMILES string of the molecule is O=C(O)c1n[nH]nc1SCc1ccc(Br)cc1. The Morgan fingerprint density at radius 2 is 2.06 bits per heavy atom. The Labute approximate surface area is 110 Å². The summed E-state index contributed by atoms with van der Waals surface area (Å²) < 4.78 is 1.01. The van der Waals surface area contributed by atoms with Crippen molar-refractivity contribution in [3.05, 3.63) is 40.0 Å². The van der Waals surface area contributed by atoms with Crippen molar-refractivity contribution >= 4 is 33.7 Å². The van der Waals surface area contributed by atoms with E-state index < -0.39 is 5.97 Å². The molecule has 2 aromatic rings. The van der Waals surface area contributed by atoms with E-state index in [1.165, 1.54) is 11.8 Å². The first kappa shape index (κ1) is 12.1. The predicted octanol–water partition coefficient (Wildman–Crippen LogP) is 2.56. The van der Waals surface area contributed by atoms with Crippen LogP contribution in [0.2, 0.25) is 0 Å². The number of rotatable bonds is 4. The molecule has 2 N–H and O–H groups in total. The van der Waals surface area contributed by atoms with Crippen molar-refractivity contribution in [1.29, 1.82) is 0 Å². The van der Waals surface area contributed by atoms with Crippen LogP contribution in [0, 0.1) is 0 Å². The van der Waals surface area contributed by atoms with Gasteiger partial charge in [-0.1, -0.05) is 39.8 Å².